The van der Waals surface area contributed by atoms with Gasteiger partial charge in [-0.1, -0.05) is 236 Å². The molecule has 4 rings (SSSR count). The van der Waals surface area contributed by atoms with Gasteiger partial charge in [-0.25, -0.2) is 0 Å². The molecule has 0 saturated heterocycles. The van der Waals surface area contributed by atoms with Crippen molar-refractivity contribution < 1.29 is 0 Å². The molecule has 0 heterocycles. The molecule has 0 N–H and O–H groups in total. The van der Waals surface area contributed by atoms with E-state index in [2.05, 4.69) is 121 Å². The van der Waals surface area contributed by atoms with E-state index in [1.165, 1.54) is 198 Å². The maximum absolute atomic E-state index is 2.81. The van der Waals surface area contributed by atoms with E-state index in [-0.39, 0.29) is 0 Å². The van der Waals surface area contributed by atoms with Crippen molar-refractivity contribution in [2.75, 3.05) is 0 Å². The van der Waals surface area contributed by atoms with Crippen molar-refractivity contribution in [3.8, 4) is 0 Å². The Morgan fingerprint density at radius 3 is 0.754 bits per heavy atom. The molecule has 3 aromatic rings. The summed E-state index contributed by atoms with van der Waals surface area (Å²) < 4.78 is 0. The van der Waals surface area contributed by atoms with Crippen LogP contribution in [0.4, 0.5) is 0 Å². The van der Waals surface area contributed by atoms with Crippen molar-refractivity contribution in [1.29, 1.82) is 0 Å². The van der Waals surface area contributed by atoms with Crippen molar-refractivity contribution in [3.05, 3.63) is 117 Å². The number of unbranched alkanes of at least 4 members (excludes halogenated alkanes) is 18. The zero-order chi connectivity index (χ0) is 43.5. The predicted molar refractivity (Wildman–Crippen MR) is 277 cm³/mol. The van der Waals surface area contributed by atoms with Crippen LogP contribution in [0.5, 0.6) is 0 Å². The van der Waals surface area contributed by atoms with Crippen LogP contribution in [0, 0.1) is 5.54 Å². The first-order valence-electron chi connectivity index (χ1n) is 26.6. The molecule has 0 bridgehead atoms. The van der Waals surface area contributed by atoms with Crippen LogP contribution < -0.4 is 15.6 Å². The first-order valence-corrected chi connectivity index (χ1v) is 28.6. The summed E-state index contributed by atoms with van der Waals surface area (Å²) in [4.78, 5) is 0. The van der Waals surface area contributed by atoms with Gasteiger partial charge in [0.15, 0.2) is 8.07 Å². The van der Waals surface area contributed by atoms with Gasteiger partial charge in [-0.05, 0) is 133 Å². The number of hydrogen-bond donors (Lipinski definition) is 0. The van der Waals surface area contributed by atoms with Gasteiger partial charge >= 0.3 is 0 Å². The Hall–Kier alpha value is -2.64. The number of hydrogen-bond acceptors (Lipinski definition) is 0. The Morgan fingerprint density at radius 2 is 0.557 bits per heavy atom. The molecular weight excluding hydrogens is 749 g/mol. The fourth-order valence-electron chi connectivity index (χ4n) is 10.2. The molecule has 0 aromatic heterocycles. The summed E-state index contributed by atoms with van der Waals surface area (Å²) in [6.45, 7) is 16.5. The molecule has 0 aliphatic heterocycles. The molecule has 0 spiro atoms. The molecule has 1 aliphatic carbocycles. The van der Waals surface area contributed by atoms with E-state index in [1.807, 2.05) is 0 Å². The van der Waals surface area contributed by atoms with Gasteiger partial charge in [0.05, 0.1) is 0 Å². The number of benzene rings is 3. The monoisotopic (exact) mass is 842 g/mol. The first-order chi connectivity index (χ1) is 29.9. The lowest BCUT2D eigenvalue weighted by atomic mass is 10.00. The predicted octanol–water partition coefficient (Wildman–Crippen LogP) is 16.5. The summed E-state index contributed by atoms with van der Waals surface area (Å²) in [6.07, 6.45) is 46.1. The molecule has 0 saturated carbocycles. The van der Waals surface area contributed by atoms with Crippen LogP contribution in [0.2, 0.25) is 0 Å². The van der Waals surface area contributed by atoms with Crippen LogP contribution in [-0.4, -0.2) is 8.07 Å². The molecule has 1 aliphatic rings. The van der Waals surface area contributed by atoms with Crippen LogP contribution in [0.1, 0.15) is 236 Å². The molecule has 61 heavy (non-hydrogen) atoms. The average molecular weight is 842 g/mol. The van der Waals surface area contributed by atoms with Gasteiger partial charge in [-0.3, -0.25) is 0 Å². The van der Waals surface area contributed by atoms with Crippen LogP contribution in [0.25, 0.3) is 0 Å². The minimum Gasteiger partial charge on any atom is -0.0750 e. The van der Waals surface area contributed by atoms with Crippen LogP contribution >= 0.6 is 0 Å². The summed E-state index contributed by atoms with van der Waals surface area (Å²) in [7, 11) is -2.81. The molecule has 0 fully saturated rings. The Kier molecular flexibility index (Phi) is 24.8. The van der Waals surface area contributed by atoms with Gasteiger partial charge < -0.3 is 0 Å². The summed E-state index contributed by atoms with van der Waals surface area (Å²) in [5.74, 6) is 0. The zero-order valence-electron chi connectivity index (χ0n) is 41.1. The second-order valence-electron chi connectivity index (χ2n) is 19.4. The highest BCUT2D eigenvalue weighted by molar-refractivity contribution is 7.16. The lowest BCUT2D eigenvalue weighted by Gasteiger charge is -2.40. The Labute approximate surface area is 380 Å². The SMILES string of the molecule is CCCCCCc1cc(CCCCCC)cc([Si]([C]2C=CC=C2C)(c2cc(CCCCCC)cc(CCCCCC)c2)c2cc(CCCCCC)cc(CCCCCC)c2)c1. The molecule has 1 radical (unpaired) electrons. The summed E-state index contributed by atoms with van der Waals surface area (Å²) in [6, 6.07) is 24.5. The van der Waals surface area contributed by atoms with Crippen molar-refractivity contribution >= 4 is 23.6 Å². The van der Waals surface area contributed by atoms with E-state index >= 15 is 0 Å². The molecule has 1 heteroatoms. The van der Waals surface area contributed by atoms with E-state index in [0.29, 0.717) is 0 Å². The van der Waals surface area contributed by atoms with Crippen molar-refractivity contribution in [3.63, 3.8) is 0 Å². The van der Waals surface area contributed by atoms with Crippen molar-refractivity contribution in [1.82, 2.24) is 0 Å². The molecule has 0 unspecified atom stereocenters. The number of allylic oxidation sites excluding steroid dienone is 4. The van der Waals surface area contributed by atoms with Crippen molar-refractivity contribution in [2.45, 2.75) is 241 Å². The lowest BCUT2D eigenvalue weighted by Crippen LogP contribution is -2.71. The Morgan fingerprint density at radius 1 is 0.311 bits per heavy atom. The minimum atomic E-state index is -2.81. The third kappa shape index (κ3) is 16.5. The number of rotatable bonds is 34. The lowest BCUT2D eigenvalue weighted by molar-refractivity contribution is 0.661. The third-order valence-electron chi connectivity index (χ3n) is 13.8. The van der Waals surface area contributed by atoms with Gasteiger partial charge in [0.25, 0.3) is 0 Å². The van der Waals surface area contributed by atoms with Crippen LogP contribution in [0.15, 0.2) is 78.4 Å². The fraction of sp³-hybridized carbons (Fsp3) is 0.617. The van der Waals surface area contributed by atoms with Gasteiger partial charge in [0, 0.05) is 5.54 Å². The topological polar surface area (TPSA) is 0 Å². The minimum absolute atomic E-state index is 1.20. The Bertz CT molecular complexity index is 1440. The quantitative estimate of drug-likeness (QED) is 0.0319. The van der Waals surface area contributed by atoms with Crippen LogP contribution in [-0.2, 0) is 38.5 Å². The van der Waals surface area contributed by atoms with Crippen molar-refractivity contribution in [2.24, 2.45) is 0 Å². The molecule has 0 atom stereocenters. The second kappa shape index (κ2) is 29.7. The number of aryl methyl sites for hydroxylation is 6. The van der Waals surface area contributed by atoms with E-state index in [9.17, 15) is 0 Å². The van der Waals surface area contributed by atoms with E-state index in [4.69, 9.17) is 0 Å². The highest BCUT2D eigenvalue weighted by Gasteiger charge is 2.48. The third-order valence-corrected chi connectivity index (χ3v) is 18.6. The average Bonchev–Trinajstić information content (AvgIpc) is 3.70. The molecule has 3 aromatic carbocycles. The zero-order valence-corrected chi connectivity index (χ0v) is 42.1. The summed E-state index contributed by atoms with van der Waals surface area (Å²) >= 11 is 0. The van der Waals surface area contributed by atoms with E-state index in [0.717, 1.165) is 0 Å². The smallest absolute Gasteiger partial charge is 0.0750 e. The summed E-state index contributed by atoms with van der Waals surface area (Å²) in [5, 5.41) is 4.96. The molecule has 337 valence electrons. The fourth-order valence-corrected chi connectivity index (χ4v) is 15.6. The van der Waals surface area contributed by atoms with Gasteiger partial charge in [-0.2, -0.15) is 0 Å². The normalized spacial score (nSPS) is 13.1. The maximum atomic E-state index is 2.77. The van der Waals surface area contributed by atoms with E-state index < -0.39 is 8.07 Å². The standard InChI is InChI=1S/C60H93Si/c1-8-14-20-26-34-51-41-52(35-27-21-15-9-2)45-57(44-51)61(60-40-32-33-50(60)7,58-46-53(36-28-22-16-10-3)42-54(47-58)37-29-23-17-11-4)59-48-55(38-30-24-18-12-5)43-56(49-59)39-31-25-19-13-6/h32-33,40-49H,8-31,34-39H2,1-7H3. The summed E-state index contributed by atoms with van der Waals surface area (Å²) in [5.41, 5.74) is 12.7. The first kappa shape index (κ1) is 51.0. The van der Waals surface area contributed by atoms with Gasteiger partial charge in [0.1, 0.15) is 0 Å². The molecule has 0 nitrogen and oxygen atoms in total. The highest BCUT2D eigenvalue weighted by Crippen LogP contribution is 2.34. The highest BCUT2D eigenvalue weighted by atomic mass is 28.3. The molecular formula is C60H93Si. The van der Waals surface area contributed by atoms with Crippen LogP contribution in [0.3, 0.4) is 0 Å². The van der Waals surface area contributed by atoms with Gasteiger partial charge in [0.2, 0.25) is 0 Å². The largest absolute Gasteiger partial charge is 0.163 e. The Balaban J connectivity index is 2.09. The molecule has 0 amide bonds. The maximum Gasteiger partial charge on any atom is 0.163 e. The van der Waals surface area contributed by atoms with E-state index in [1.54, 1.807) is 54.5 Å². The second-order valence-corrected chi connectivity index (χ2v) is 23.1. The van der Waals surface area contributed by atoms with Gasteiger partial charge in [-0.15, -0.1) is 0 Å².